The van der Waals surface area contributed by atoms with E-state index in [1.807, 2.05) is 20.8 Å². The van der Waals surface area contributed by atoms with Crippen LogP contribution in [0.2, 0.25) is 0 Å². The lowest BCUT2D eigenvalue weighted by Gasteiger charge is -2.20. The summed E-state index contributed by atoms with van der Waals surface area (Å²) in [6, 6.07) is 6.93. The first-order valence-corrected chi connectivity index (χ1v) is 6.35. The molecule has 1 aromatic carbocycles. The van der Waals surface area contributed by atoms with Crippen LogP contribution in [-0.4, -0.2) is 24.0 Å². The highest BCUT2D eigenvalue weighted by Crippen LogP contribution is 2.22. The molecule has 0 saturated carbocycles. The minimum absolute atomic E-state index is 0.0185. The Morgan fingerprint density at radius 3 is 2.32 bits per heavy atom. The molecule has 0 N–H and O–H groups in total. The number of hydrogen-bond acceptors (Lipinski definition) is 3. The Balaban J connectivity index is 2.10. The van der Waals surface area contributed by atoms with Gasteiger partial charge in [-0.3, -0.25) is 4.79 Å². The topological polar surface area (TPSA) is 46.6 Å². The zero-order valence-electron chi connectivity index (χ0n) is 11.5. The lowest BCUT2D eigenvalue weighted by atomic mass is 10.1. The molecule has 1 heterocycles. The fourth-order valence-corrected chi connectivity index (χ4v) is 1.91. The number of amides is 1. The van der Waals surface area contributed by atoms with Crippen molar-refractivity contribution in [1.29, 1.82) is 0 Å². The molecule has 4 heteroatoms. The Morgan fingerprint density at radius 2 is 1.84 bits per heavy atom. The van der Waals surface area contributed by atoms with Crippen LogP contribution in [0, 0.1) is 6.42 Å². The summed E-state index contributed by atoms with van der Waals surface area (Å²) in [4.78, 5) is 25.1. The predicted molar refractivity (Wildman–Crippen MR) is 72.9 cm³/mol. The molecule has 0 aromatic heterocycles. The maximum absolute atomic E-state index is 11.8. The second-order valence-electron chi connectivity index (χ2n) is 5.53. The van der Waals surface area contributed by atoms with Gasteiger partial charge in [0.25, 0.3) is 0 Å². The zero-order chi connectivity index (χ0) is 14.0. The predicted octanol–water partition coefficient (Wildman–Crippen LogP) is 2.58. The van der Waals surface area contributed by atoms with E-state index in [0.29, 0.717) is 12.1 Å². The summed E-state index contributed by atoms with van der Waals surface area (Å²) in [6.45, 7) is 6.19. The van der Waals surface area contributed by atoms with Crippen LogP contribution >= 0.6 is 0 Å². The van der Waals surface area contributed by atoms with Crippen LogP contribution < -0.4 is 4.90 Å². The molecule has 0 aliphatic carbocycles. The number of carbonyl (C=O) groups is 2. The van der Waals surface area contributed by atoms with Gasteiger partial charge in [-0.15, -0.1) is 0 Å². The number of esters is 1. The highest BCUT2D eigenvalue weighted by Gasteiger charge is 2.23. The number of carbonyl (C=O) groups excluding carboxylic acids is 2. The SMILES string of the molecule is CC(C)(C)OC(=O)c1ccc(N2CC[CH]C2=O)cc1. The summed E-state index contributed by atoms with van der Waals surface area (Å²) in [6.07, 6.45) is 2.44. The smallest absolute Gasteiger partial charge is 0.338 e. The van der Waals surface area contributed by atoms with E-state index in [9.17, 15) is 9.59 Å². The Hall–Kier alpha value is -1.84. The molecule has 4 nitrogen and oxygen atoms in total. The molecule has 1 fully saturated rings. The van der Waals surface area contributed by atoms with E-state index in [2.05, 4.69) is 0 Å². The van der Waals surface area contributed by atoms with Gasteiger partial charge >= 0.3 is 5.97 Å². The molecule has 19 heavy (non-hydrogen) atoms. The van der Waals surface area contributed by atoms with Crippen LogP contribution in [0.1, 0.15) is 37.6 Å². The molecule has 1 aliphatic rings. The van der Waals surface area contributed by atoms with E-state index in [1.54, 1.807) is 35.6 Å². The fourth-order valence-electron chi connectivity index (χ4n) is 1.91. The summed E-state index contributed by atoms with van der Waals surface area (Å²) in [5, 5.41) is 0. The molecular weight excluding hydrogens is 242 g/mol. The first-order chi connectivity index (χ1) is 8.87. The van der Waals surface area contributed by atoms with Crippen molar-refractivity contribution in [2.75, 3.05) is 11.4 Å². The van der Waals surface area contributed by atoms with Crippen LogP contribution in [0.15, 0.2) is 24.3 Å². The van der Waals surface area contributed by atoms with Crippen molar-refractivity contribution in [3.05, 3.63) is 36.2 Å². The molecule has 0 unspecified atom stereocenters. The highest BCUT2D eigenvalue weighted by molar-refractivity contribution is 6.02. The second kappa shape index (κ2) is 5.03. The first-order valence-electron chi connectivity index (χ1n) is 6.35. The average Bonchev–Trinajstić information content (AvgIpc) is 2.73. The van der Waals surface area contributed by atoms with E-state index in [0.717, 1.165) is 12.1 Å². The summed E-state index contributed by atoms with van der Waals surface area (Å²) in [7, 11) is 0. The van der Waals surface area contributed by atoms with Crippen molar-refractivity contribution in [2.24, 2.45) is 0 Å². The Morgan fingerprint density at radius 1 is 1.21 bits per heavy atom. The van der Waals surface area contributed by atoms with Gasteiger partial charge in [-0.25, -0.2) is 4.79 Å². The lowest BCUT2D eigenvalue weighted by molar-refractivity contribution is -0.114. The number of anilines is 1. The van der Waals surface area contributed by atoms with Crippen molar-refractivity contribution in [1.82, 2.24) is 0 Å². The van der Waals surface area contributed by atoms with Gasteiger partial charge in [-0.2, -0.15) is 0 Å². The molecule has 0 bridgehead atoms. The van der Waals surface area contributed by atoms with Gasteiger partial charge in [0.05, 0.1) is 12.0 Å². The Labute approximate surface area is 113 Å². The number of ether oxygens (including phenoxy) is 1. The molecule has 2 rings (SSSR count). The normalized spacial score (nSPS) is 15.7. The highest BCUT2D eigenvalue weighted by atomic mass is 16.6. The quantitative estimate of drug-likeness (QED) is 0.768. The van der Waals surface area contributed by atoms with Crippen LogP contribution in [0.3, 0.4) is 0 Å². The van der Waals surface area contributed by atoms with E-state index in [1.165, 1.54) is 0 Å². The van der Waals surface area contributed by atoms with Crippen molar-refractivity contribution >= 4 is 17.6 Å². The number of benzene rings is 1. The standard InChI is InChI=1S/C15H18NO3/c1-15(2,3)19-14(18)11-6-8-12(9-7-11)16-10-4-5-13(16)17/h5-9H,4,10H2,1-3H3. The minimum atomic E-state index is -0.504. The Bertz CT molecular complexity index is 485. The van der Waals surface area contributed by atoms with Gasteiger partial charge in [0.15, 0.2) is 0 Å². The molecule has 1 saturated heterocycles. The van der Waals surface area contributed by atoms with Crippen LogP contribution in [0.25, 0.3) is 0 Å². The van der Waals surface area contributed by atoms with E-state index >= 15 is 0 Å². The molecule has 1 amide bonds. The molecule has 1 aromatic rings. The molecule has 0 spiro atoms. The summed E-state index contributed by atoms with van der Waals surface area (Å²) < 4.78 is 5.28. The fraction of sp³-hybridized carbons (Fsp3) is 0.400. The molecule has 1 radical (unpaired) electrons. The van der Waals surface area contributed by atoms with Crippen LogP contribution in [0.4, 0.5) is 5.69 Å². The maximum atomic E-state index is 11.8. The van der Waals surface area contributed by atoms with Crippen molar-refractivity contribution < 1.29 is 14.3 Å². The average molecular weight is 260 g/mol. The van der Waals surface area contributed by atoms with E-state index in [4.69, 9.17) is 4.74 Å². The Kier molecular flexibility index (Phi) is 3.60. The minimum Gasteiger partial charge on any atom is -0.456 e. The summed E-state index contributed by atoms with van der Waals surface area (Å²) in [5.74, 6) is -0.330. The lowest BCUT2D eigenvalue weighted by Crippen LogP contribution is -2.25. The zero-order valence-corrected chi connectivity index (χ0v) is 11.5. The van der Waals surface area contributed by atoms with Crippen molar-refractivity contribution in [3.8, 4) is 0 Å². The summed E-state index contributed by atoms with van der Waals surface area (Å²) in [5.41, 5.74) is 0.802. The third-order valence-corrected chi connectivity index (χ3v) is 2.75. The third kappa shape index (κ3) is 3.34. The van der Waals surface area contributed by atoms with E-state index in [-0.39, 0.29) is 11.9 Å². The monoisotopic (exact) mass is 260 g/mol. The second-order valence-corrected chi connectivity index (χ2v) is 5.53. The van der Waals surface area contributed by atoms with Gasteiger partial charge in [-0.1, -0.05) is 0 Å². The maximum Gasteiger partial charge on any atom is 0.338 e. The molecule has 1 aliphatic heterocycles. The van der Waals surface area contributed by atoms with E-state index < -0.39 is 5.60 Å². The van der Waals surface area contributed by atoms with Gasteiger partial charge in [0.1, 0.15) is 5.60 Å². The van der Waals surface area contributed by atoms with Crippen LogP contribution in [0.5, 0.6) is 0 Å². The molecular formula is C15H18NO3. The third-order valence-electron chi connectivity index (χ3n) is 2.75. The summed E-state index contributed by atoms with van der Waals surface area (Å²) >= 11 is 0. The van der Waals surface area contributed by atoms with Gasteiger partial charge in [0, 0.05) is 12.2 Å². The molecule has 0 atom stereocenters. The van der Waals surface area contributed by atoms with Crippen molar-refractivity contribution in [2.45, 2.75) is 32.8 Å². The number of rotatable bonds is 2. The molecule has 101 valence electrons. The van der Waals surface area contributed by atoms with Gasteiger partial charge in [0.2, 0.25) is 5.91 Å². The van der Waals surface area contributed by atoms with Crippen LogP contribution in [-0.2, 0) is 9.53 Å². The largest absolute Gasteiger partial charge is 0.456 e. The van der Waals surface area contributed by atoms with Gasteiger partial charge in [-0.05, 0) is 51.5 Å². The number of nitrogens with zero attached hydrogens (tertiary/aromatic N) is 1. The first kappa shape index (κ1) is 13.6. The number of hydrogen-bond donors (Lipinski definition) is 0. The van der Waals surface area contributed by atoms with Gasteiger partial charge < -0.3 is 9.64 Å². The van der Waals surface area contributed by atoms with Crippen molar-refractivity contribution in [3.63, 3.8) is 0 Å².